The van der Waals surface area contributed by atoms with E-state index in [-0.39, 0.29) is 23.0 Å². The largest absolute Gasteiger partial charge is 0.316 e. The molecule has 0 spiro atoms. The number of benzene rings is 1. The molecule has 0 saturated carbocycles. The Balaban J connectivity index is 2.56. The number of thiocarbonyl (C=S) groups is 1. The van der Waals surface area contributed by atoms with Gasteiger partial charge in [-0.3, -0.25) is 20.3 Å². The maximum absolute atomic E-state index is 11.5. The minimum atomic E-state index is -0.597. The van der Waals surface area contributed by atoms with Crippen molar-refractivity contribution >= 4 is 34.7 Å². The van der Waals surface area contributed by atoms with E-state index >= 15 is 0 Å². The molecule has 96 valence electrons. The summed E-state index contributed by atoms with van der Waals surface area (Å²) in [6.07, 6.45) is 0.0200. The number of carbonyl (C=O) groups is 1. The number of nitrogens with one attached hydrogen (secondary N) is 2. The SMILES string of the molecule is N=C=C1C(=S)NC(=O)C[C@@H]1c1ccccc1[N+](=O)[O-]. The van der Waals surface area contributed by atoms with Crippen LogP contribution < -0.4 is 5.32 Å². The molecule has 2 rings (SSSR count). The zero-order valence-corrected chi connectivity index (χ0v) is 10.5. The lowest BCUT2D eigenvalue weighted by Gasteiger charge is -2.24. The molecule has 6 nitrogen and oxygen atoms in total. The highest BCUT2D eigenvalue weighted by molar-refractivity contribution is 7.80. The Labute approximate surface area is 113 Å². The summed E-state index contributed by atoms with van der Waals surface area (Å²) in [5, 5.41) is 20.7. The fraction of sp³-hybridized carbons (Fsp3) is 0.167. The van der Waals surface area contributed by atoms with Gasteiger partial charge in [0.15, 0.2) is 0 Å². The second-order valence-electron chi connectivity index (χ2n) is 3.99. The predicted molar refractivity (Wildman–Crippen MR) is 72.4 cm³/mol. The molecular formula is C12H9N3O3S. The average molecular weight is 275 g/mol. The third-order valence-electron chi connectivity index (χ3n) is 2.88. The highest BCUT2D eigenvalue weighted by atomic mass is 32.1. The van der Waals surface area contributed by atoms with E-state index in [2.05, 4.69) is 11.2 Å². The van der Waals surface area contributed by atoms with Gasteiger partial charge in [0, 0.05) is 24.0 Å². The van der Waals surface area contributed by atoms with Gasteiger partial charge in [-0.15, -0.1) is 0 Å². The predicted octanol–water partition coefficient (Wildman–Crippen LogP) is 1.70. The molecule has 0 aromatic heterocycles. The maximum Gasteiger partial charge on any atom is 0.273 e. The lowest BCUT2D eigenvalue weighted by Crippen LogP contribution is -2.39. The first-order valence-electron chi connectivity index (χ1n) is 5.41. The average Bonchev–Trinajstić information content (AvgIpc) is 2.37. The quantitative estimate of drug-likeness (QED) is 0.282. The number of piperidine rings is 1. The number of nitro benzene ring substituents is 1. The minimum absolute atomic E-state index is 0.0200. The topological polar surface area (TPSA) is 96.1 Å². The molecular weight excluding hydrogens is 266 g/mol. The second-order valence-corrected chi connectivity index (χ2v) is 4.40. The van der Waals surface area contributed by atoms with E-state index < -0.39 is 10.8 Å². The van der Waals surface area contributed by atoms with Crippen LogP contribution in [0.25, 0.3) is 0 Å². The smallest absolute Gasteiger partial charge is 0.273 e. The Morgan fingerprint density at radius 2 is 2.16 bits per heavy atom. The third kappa shape index (κ3) is 2.42. The summed E-state index contributed by atoms with van der Waals surface area (Å²) in [4.78, 5) is 22.1. The van der Waals surface area contributed by atoms with E-state index in [4.69, 9.17) is 17.6 Å². The molecule has 1 heterocycles. The minimum Gasteiger partial charge on any atom is -0.316 e. The van der Waals surface area contributed by atoms with Crippen LogP contribution in [0, 0.1) is 15.5 Å². The van der Waals surface area contributed by atoms with Crippen molar-refractivity contribution in [2.24, 2.45) is 0 Å². The number of nitrogens with zero attached hydrogens (tertiary/aromatic N) is 1. The van der Waals surface area contributed by atoms with Crippen molar-refractivity contribution in [1.29, 1.82) is 5.41 Å². The van der Waals surface area contributed by atoms with E-state index in [0.29, 0.717) is 11.1 Å². The van der Waals surface area contributed by atoms with Crippen molar-refractivity contribution in [2.45, 2.75) is 12.3 Å². The van der Waals surface area contributed by atoms with Crippen LogP contribution in [0.3, 0.4) is 0 Å². The number of amides is 1. The van der Waals surface area contributed by atoms with Gasteiger partial charge in [0.1, 0.15) is 4.99 Å². The van der Waals surface area contributed by atoms with Crippen molar-refractivity contribution in [3.63, 3.8) is 0 Å². The normalized spacial score (nSPS) is 18.7. The molecule has 7 heteroatoms. The van der Waals surface area contributed by atoms with Crippen LogP contribution in [-0.2, 0) is 4.79 Å². The van der Waals surface area contributed by atoms with E-state index in [1.807, 2.05) is 0 Å². The van der Waals surface area contributed by atoms with Gasteiger partial charge in [-0.2, -0.15) is 0 Å². The number of para-hydroxylation sites is 1. The van der Waals surface area contributed by atoms with Crippen molar-refractivity contribution in [1.82, 2.24) is 5.32 Å². The fourth-order valence-corrected chi connectivity index (χ4v) is 2.36. The van der Waals surface area contributed by atoms with Gasteiger partial charge >= 0.3 is 0 Å². The zero-order chi connectivity index (χ0) is 14.0. The molecule has 1 aromatic rings. The van der Waals surface area contributed by atoms with E-state index in [1.165, 1.54) is 6.07 Å². The number of rotatable bonds is 2. The molecule has 1 aromatic carbocycles. The summed E-state index contributed by atoms with van der Waals surface area (Å²) in [5.41, 5.74) is 0.584. The molecule has 0 bridgehead atoms. The lowest BCUT2D eigenvalue weighted by molar-refractivity contribution is -0.385. The first-order chi connectivity index (χ1) is 9.04. The Morgan fingerprint density at radius 1 is 1.47 bits per heavy atom. The Bertz CT molecular complexity index is 635. The van der Waals surface area contributed by atoms with Gasteiger partial charge in [0.05, 0.1) is 10.5 Å². The Kier molecular flexibility index (Phi) is 3.50. The van der Waals surface area contributed by atoms with Crippen LogP contribution in [-0.4, -0.2) is 21.7 Å². The summed E-state index contributed by atoms with van der Waals surface area (Å²) >= 11 is 4.97. The van der Waals surface area contributed by atoms with Gasteiger partial charge in [0.2, 0.25) is 5.91 Å². The lowest BCUT2D eigenvalue weighted by atomic mass is 9.85. The molecule has 1 amide bonds. The van der Waals surface area contributed by atoms with Crippen LogP contribution in [0.1, 0.15) is 17.9 Å². The molecule has 1 fully saturated rings. The summed E-state index contributed by atoms with van der Waals surface area (Å²) in [6, 6.07) is 6.14. The molecule has 0 aliphatic carbocycles. The molecule has 1 aliphatic rings. The van der Waals surface area contributed by atoms with Crippen LogP contribution in [0.2, 0.25) is 0 Å². The molecule has 1 aliphatic heterocycles. The van der Waals surface area contributed by atoms with Crippen molar-refractivity contribution in [3.05, 3.63) is 45.5 Å². The van der Waals surface area contributed by atoms with Gasteiger partial charge in [-0.1, -0.05) is 30.4 Å². The third-order valence-corrected chi connectivity index (χ3v) is 3.20. The zero-order valence-electron chi connectivity index (χ0n) is 9.67. The first kappa shape index (κ1) is 13.1. The number of nitro groups is 1. The van der Waals surface area contributed by atoms with Crippen molar-refractivity contribution in [2.75, 3.05) is 0 Å². The molecule has 1 saturated heterocycles. The van der Waals surface area contributed by atoms with E-state index in [1.54, 1.807) is 18.2 Å². The van der Waals surface area contributed by atoms with E-state index in [0.717, 1.165) is 0 Å². The summed E-state index contributed by atoms with van der Waals surface area (Å²) < 4.78 is 0. The second kappa shape index (κ2) is 5.09. The molecule has 0 radical (unpaired) electrons. The van der Waals surface area contributed by atoms with Crippen molar-refractivity contribution < 1.29 is 9.72 Å². The van der Waals surface area contributed by atoms with E-state index in [9.17, 15) is 14.9 Å². The van der Waals surface area contributed by atoms with Crippen LogP contribution in [0.5, 0.6) is 0 Å². The summed E-state index contributed by atoms with van der Waals surface area (Å²) in [5.74, 6) is 1.27. The van der Waals surface area contributed by atoms with Crippen molar-refractivity contribution in [3.8, 4) is 0 Å². The number of carbonyl (C=O) groups excluding carboxylic acids is 1. The molecule has 19 heavy (non-hydrogen) atoms. The van der Waals surface area contributed by atoms with Crippen LogP contribution in [0.15, 0.2) is 29.8 Å². The highest BCUT2D eigenvalue weighted by Gasteiger charge is 2.33. The number of hydrogen-bond donors (Lipinski definition) is 2. The Hall–Kier alpha value is -2.37. The van der Waals surface area contributed by atoms with Crippen LogP contribution >= 0.6 is 12.2 Å². The number of hydrogen-bond acceptors (Lipinski definition) is 5. The van der Waals surface area contributed by atoms with Gasteiger partial charge < -0.3 is 5.32 Å². The monoisotopic (exact) mass is 275 g/mol. The standard InChI is InChI=1S/C12H9N3O3S/c13-6-9-8(5-11(16)14-12(9)19)7-3-1-2-4-10(7)15(17)18/h1-4,8,13H,5H2,(H,14,16,19)/t8-/m1/s1. The van der Waals surface area contributed by atoms with Gasteiger partial charge in [-0.25, -0.2) is 0 Å². The Morgan fingerprint density at radius 3 is 2.79 bits per heavy atom. The molecule has 2 N–H and O–H groups in total. The highest BCUT2D eigenvalue weighted by Crippen LogP contribution is 2.35. The summed E-state index contributed by atoms with van der Waals surface area (Å²) in [7, 11) is 0. The fourth-order valence-electron chi connectivity index (χ4n) is 2.05. The van der Waals surface area contributed by atoms with Crippen LogP contribution in [0.4, 0.5) is 5.69 Å². The maximum atomic E-state index is 11.5. The molecule has 1 atom stereocenters. The van der Waals surface area contributed by atoms with Gasteiger partial charge in [0.25, 0.3) is 5.69 Å². The summed E-state index contributed by atoms with van der Waals surface area (Å²) in [6.45, 7) is 0. The molecule has 0 unspecified atom stereocenters. The first-order valence-corrected chi connectivity index (χ1v) is 5.82. The van der Waals surface area contributed by atoms with Gasteiger partial charge in [-0.05, 0) is 5.87 Å².